The van der Waals surface area contributed by atoms with Crippen LogP contribution in [0.4, 0.5) is 15.9 Å². The number of thiophene rings is 1. The SMILES string of the molecule is FCCCc1cccc(Nc2ccc3cc(-c4cccnc4)sc3n2)c1. The monoisotopic (exact) mass is 363 g/mol. The second-order valence-electron chi connectivity index (χ2n) is 6.06. The summed E-state index contributed by atoms with van der Waals surface area (Å²) in [6.07, 6.45) is 4.95. The molecule has 3 aromatic heterocycles. The Morgan fingerprint density at radius 2 is 2.00 bits per heavy atom. The zero-order valence-corrected chi connectivity index (χ0v) is 15.0. The average molecular weight is 363 g/mol. The Hall–Kier alpha value is -2.79. The van der Waals surface area contributed by atoms with Gasteiger partial charge in [0.1, 0.15) is 10.6 Å². The maximum Gasteiger partial charge on any atom is 0.132 e. The van der Waals surface area contributed by atoms with Crippen molar-refractivity contribution in [3.8, 4) is 10.4 Å². The van der Waals surface area contributed by atoms with Crippen molar-refractivity contribution in [1.29, 1.82) is 0 Å². The molecule has 0 bridgehead atoms. The molecule has 1 N–H and O–H groups in total. The lowest BCUT2D eigenvalue weighted by molar-refractivity contribution is 0.473. The Bertz CT molecular complexity index is 1010. The van der Waals surface area contributed by atoms with Crippen LogP contribution in [-0.2, 0) is 6.42 Å². The third-order valence-electron chi connectivity index (χ3n) is 4.13. The molecule has 26 heavy (non-hydrogen) atoms. The lowest BCUT2D eigenvalue weighted by atomic mass is 10.1. The van der Waals surface area contributed by atoms with Gasteiger partial charge in [-0.3, -0.25) is 9.37 Å². The third kappa shape index (κ3) is 3.73. The highest BCUT2D eigenvalue weighted by molar-refractivity contribution is 7.21. The molecule has 0 fully saturated rings. The van der Waals surface area contributed by atoms with Gasteiger partial charge in [0.05, 0.1) is 6.67 Å². The summed E-state index contributed by atoms with van der Waals surface area (Å²) in [6, 6.07) is 18.3. The van der Waals surface area contributed by atoms with E-state index in [0.717, 1.165) is 44.1 Å². The zero-order valence-electron chi connectivity index (χ0n) is 14.2. The molecule has 3 heterocycles. The number of alkyl halides is 1. The van der Waals surface area contributed by atoms with Gasteiger partial charge in [-0.25, -0.2) is 4.98 Å². The number of anilines is 2. The molecule has 3 nitrogen and oxygen atoms in total. The van der Waals surface area contributed by atoms with Gasteiger partial charge in [-0.15, -0.1) is 11.3 Å². The molecule has 0 aliphatic rings. The molecule has 130 valence electrons. The summed E-state index contributed by atoms with van der Waals surface area (Å²) in [5.74, 6) is 0.805. The summed E-state index contributed by atoms with van der Waals surface area (Å²) in [5.41, 5.74) is 3.20. The molecule has 1 aromatic carbocycles. The molecule has 0 saturated heterocycles. The molecule has 0 atom stereocenters. The first-order valence-corrected chi connectivity index (χ1v) is 9.36. The summed E-state index contributed by atoms with van der Waals surface area (Å²) < 4.78 is 12.4. The van der Waals surface area contributed by atoms with Crippen LogP contribution in [0.5, 0.6) is 0 Å². The maximum absolute atomic E-state index is 12.4. The van der Waals surface area contributed by atoms with E-state index in [1.807, 2.05) is 36.5 Å². The number of halogens is 1. The first-order valence-electron chi connectivity index (χ1n) is 8.55. The first kappa shape index (κ1) is 16.7. The van der Waals surface area contributed by atoms with E-state index in [1.165, 1.54) is 0 Å². The standard InChI is InChI=1S/C21H18FN3S/c22-10-2-5-15-4-1-7-18(12-15)24-20-9-8-16-13-19(26-21(16)25-20)17-6-3-11-23-14-17/h1,3-4,6-9,11-14H,2,5,10H2,(H,24,25). The lowest BCUT2D eigenvalue weighted by Gasteiger charge is -2.07. The molecule has 0 aliphatic carbocycles. The minimum Gasteiger partial charge on any atom is -0.340 e. The van der Waals surface area contributed by atoms with Crippen molar-refractivity contribution in [2.24, 2.45) is 0 Å². The Morgan fingerprint density at radius 3 is 2.85 bits per heavy atom. The van der Waals surface area contributed by atoms with Gasteiger partial charge in [0.25, 0.3) is 0 Å². The molecule has 0 amide bonds. The fraction of sp³-hybridized carbons (Fsp3) is 0.143. The van der Waals surface area contributed by atoms with E-state index in [-0.39, 0.29) is 6.67 Å². The summed E-state index contributed by atoms with van der Waals surface area (Å²) in [6.45, 7) is -0.284. The number of aromatic nitrogens is 2. The number of aryl methyl sites for hydroxylation is 1. The average Bonchev–Trinajstić information content (AvgIpc) is 3.11. The summed E-state index contributed by atoms with van der Waals surface area (Å²) in [4.78, 5) is 11.1. The fourth-order valence-electron chi connectivity index (χ4n) is 2.86. The van der Waals surface area contributed by atoms with Crippen molar-refractivity contribution >= 4 is 33.1 Å². The van der Waals surface area contributed by atoms with Gasteiger partial charge in [0.2, 0.25) is 0 Å². The number of pyridine rings is 2. The zero-order chi connectivity index (χ0) is 17.8. The van der Waals surface area contributed by atoms with Crippen molar-refractivity contribution in [2.75, 3.05) is 12.0 Å². The van der Waals surface area contributed by atoms with E-state index < -0.39 is 0 Å². The molecule has 4 aromatic rings. The van der Waals surface area contributed by atoms with Gasteiger partial charge >= 0.3 is 0 Å². The topological polar surface area (TPSA) is 37.8 Å². The quantitative estimate of drug-likeness (QED) is 0.456. The minimum absolute atomic E-state index is 0.284. The van der Waals surface area contributed by atoms with Crippen LogP contribution >= 0.6 is 11.3 Å². The molecule has 0 aliphatic heterocycles. The highest BCUT2D eigenvalue weighted by Crippen LogP contribution is 2.33. The van der Waals surface area contributed by atoms with Gasteiger partial charge in [0.15, 0.2) is 0 Å². The number of fused-ring (bicyclic) bond motifs is 1. The molecular weight excluding hydrogens is 345 g/mol. The van der Waals surface area contributed by atoms with Crippen molar-refractivity contribution in [3.05, 3.63) is 72.6 Å². The van der Waals surface area contributed by atoms with Gasteiger partial charge < -0.3 is 5.32 Å². The van der Waals surface area contributed by atoms with E-state index in [1.54, 1.807) is 17.5 Å². The predicted octanol–water partition coefficient (Wildman–Crippen LogP) is 6.00. The number of nitrogens with one attached hydrogen (secondary N) is 1. The highest BCUT2D eigenvalue weighted by atomic mass is 32.1. The van der Waals surface area contributed by atoms with Crippen LogP contribution in [0, 0.1) is 0 Å². The normalized spacial score (nSPS) is 11.0. The smallest absolute Gasteiger partial charge is 0.132 e. The third-order valence-corrected chi connectivity index (χ3v) is 5.22. The van der Waals surface area contributed by atoms with Crippen LogP contribution < -0.4 is 5.32 Å². The van der Waals surface area contributed by atoms with E-state index >= 15 is 0 Å². The Morgan fingerprint density at radius 1 is 1.04 bits per heavy atom. The number of nitrogens with zero attached hydrogens (tertiary/aromatic N) is 2. The molecule has 4 rings (SSSR count). The van der Waals surface area contributed by atoms with Crippen LogP contribution in [-0.4, -0.2) is 16.6 Å². The number of hydrogen-bond acceptors (Lipinski definition) is 4. The van der Waals surface area contributed by atoms with Gasteiger partial charge in [0, 0.05) is 33.9 Å². The summed E-state index contributed by atoms with van der Waals surface area (Å²) in [7, 11) is 0. The van der Waals surface area contributed by atoms with Crippen molar-refractivity contribution in [2.45, 2.75) is 12.8 Å². The number of hydrogen-bond donors (Lipinski definition) is 1. The summed E-state index contributed by atoms with van der Waals surface area (Å²) >= 11 is 1.66. The number of benzene rings is 1. The van der Waals surface area contributed by atoms with Crippen LogP contribution in [0.15, 0.2) is 67.0 Å². The fourth-order valence-corrected chi connectivity index (χ4v) is 3.88. The Labute approximate surface area is 155 Å². The van der Waals surface area contributed by atoms with Crippen LogP contribution in [0.3, 0.4) is 0 Å². The van der Waals surface area contributed by atoms with E-state index in [4.69, 9.17) is 4.98 Å². The second kappa shape index (κ2) is 7.62. The molecule has 0 spiro atoms. The Kier molecular flexibility index (Phi) is 4.88. The van der Waals surface area contributed by atoms with Crippen LogP contribution in [0.1, 0.15) is 12.0 Å². The Balaban J connectivity index is 1.58. The van der Waals surface area contributed by atoms with Crippen LogP contribution in [0.25, 0.3) is 20.7 Å². The highest BCUT2D eigenvalue weighted by Gasteiger charge is 2.07. The van der Waals surface area contributed by atoms with Crippen molar-refractivity contribution in [3.63, 3.8) is 0 Å². The second-order valence-corrected chi connectivity index (χ2v) is 7.09. The van der Waals surface area contributed by atoms with E-state index in [9.17, 15) is 4.39 Å². The minimum atomic E-state index is -0.284. The largest absolute Gasteiger partial charge is 0.340 e. The van der Waals surface area contributed by atoms with Gasteiger partial charge in [-0.2, -0.15) is 0 Å². The van der Waals surface area contributed by atoms with E-state index in [2.05, 4.69) is 34.6 Å². The molecule has 0 saturated carbocycles. The van der Waals surface area contributed by atoms with Crippen molar-refractivity contribution in [1.82, 2.24) is 9.97 Å². The molecule has 0 radical (unpaired) electrons. The molecule has 5 heteroatoms. The summed E-state index contributed by atoms with van der Waals surface area (Å²) in [5, 5.41) is 4.47. The van der Waals surface area contributed by atoms with E-state index in [0.29, 0.717) is 6.42 Å². The predicted molar refractivity (Wildman–Crippen MR) is 107 cm³/mol. The molecular formula is C21H18FN3S. The first-order chi connectivity index (χ1) is 12.8. The van der Waals surface area contributed by atoms with Gasteiger partial charge in [-0.05, 0) is 54.8 Å². The lowest BCUT2D eigenvalue weighted by Crippen LogP contribution is -1.94. The molecule has 0 unspecified atom stereocenters. The van der Waals surface area contributed by atoms with Crippen LogP contribution in [0.2, 0.25) is 0 Å². The van der Waals surface area contributed by atoms with Crippen molar-refractivity contribution < 1.29 is 4.39 Å². The number of rotatable bonds is 6. The maximum atomic E-state index is 12.4. The van der Waals surface area contributed by atoms with Gasteiger partial charge in [-0.1, -0.05) is 18.2 Å².